The summed E-state index contributed by atoms with van der Waals surface area (Å²) < 4.78 is 0. The molecule has 0 N–H and O–H groups in total. The van der Waals surface area contributed by atoms with Crippen molar-refractivity contribution in [2.45, 2.75) is 52.1 Å². The highest BCUT2D eigenvalue weighted by atomic mass is 32.1. The van der Waals surface area contributed by atoms with Crippen molar-refractivity contribution in [3.8, 4) is 0 Å². The van der Waals surface area contributed by atoms with Gasteiger partial charge in [0.2, 0.25) is 5.91 Å². The molecule has 23 heavy (non-hydrogen) atoms. The lowest BCUT2D eigenvalue weighted by atomic mass is 9.92. The molecular weight excluding hydrogens is 306 g/mol. The number of carbonyl (C=O) groups is 1. The minimum Gasteiger partial charge on any atom is -0.332 e. The standard InChI is InChI=1S/C18H21N3OS/c1-4-15-19-8-12-9-21(10-13(12)20-15)16(22)18(11-17(18,2)3)14-6-5-7-23-14/h5-8H,4,9-11H2,1-3H3/t18-/m1/s1. The van der Waals surface area contributed by atoms with Crippen LogP contribution in [0, 0.1) is 5.41 Å². The molecule has 0 radical (unpaired) electrons. The summed E-state index contributed by atoms with van der Waals surface area (Å²) >= 11 is 1.70. The molecule has 0 bridgehead atoms. The Labute approximate surface area is 140 Å². The highest BCUT2D eigenvalue weighted by Crippen LogP contribution is 2.66. The Hall–Kier alpha value is -1.75. The molecule has 0 aromatic carbocycles. The smallest absolute Gasteiger partial charge is 0.235 e. The van der Waals surface area contributed by atoms with Gasteiger partial charge in [-0.25, -0.2) is 9.97 Å². The Morgan fingerprint density at radius 3 is 2.78 bits per heavy atom. The normalized spacial score (nSPS) is 24.6. The molecule has 2 aromatic heterocycles. The fraction of sp³-hybridized carbons (Fsp3) is 0.500. The number of thiophene rings is 1. The van der Waals surface area contributed by atoms with Gasteiger partial charge in [0.25, 0.3) is 0 Å². The van der Waals surface area contributed by atoms with Gasteiger partial charge < -0.3 is 4.90 Å². The first-order valence-electron chi connectivity index (χ1n) is 8.15. The molecular formula is C18H21N3OS. The molecule has 1 amide bonds. The van der Waals surface area contributed by atoms with Crippen molar-refractivity contribution >= 4 is 17.2 Å². The number of nitrogens with zero attached hydrogens (tertiary/aromatic N) is 3. The highest BCUT2D eigenvalue weighted by Gasteiger charge is 2.68. The molecule has 1 saturated carbocycles. The minimum absolute atomic E-state index is 0.0317. The Balaban J connectivity index is 1.63. The predicted octanol–water partition coefficient (Wildman–Crippen LogP) is 3.31. The van der Waals surface area contributed by atoms with E-state index in [1.165, 1.54) is 4.88 Å². The number of hydrogen-bond donors (Lipinski definition) is 0. The Kier molecular flexibility index (Phi) is 3.14. The van der Waals surface area contributed by atoms with Crippen LogP contribution in [0.1, 0.15) is 49.2 Å². The number of rotatable bonds is 3. The largest absolute Gasteiger partial charge is 0.332 e. The van der Waals surface area contributed by atoms with Crippen molar-refractivity contribution in [2.75, 3.05) is 0 Å². The molecule has 1 fully saturated rings. The maximum atomic E-state index is 13.4. The zero-order valence-corrected chi connectivity index (χ0v) is 14.6. The zero-order chi connectivity index (χ0) is 16.2. The number of carbonyl (C=O) groups excluding carboxylic acids is 1. The van der Waals surface area contributed by atoms with E-state index in [4.69, 9.17) is 0 Å². The minimum atomic E-state index is -0.343. The maximum Gasteiger partial charge on any atom is 0.235 e. The summed E-state index contributed by atoms with van der Waals surface area (Å²) in [7, 11) is 0. The van der Waals surface area contributed by atoms with Crippen LogP contribution < -0.4 is 0 Å². The summed E-state index contributed by atoms with van der Waals surface area (Å²) in [5, 5.41) is 2.07. The Morgan fingerprint density at radius 2 is 2.17 bits per heavy atom. The van der Waals surface area contributed by atoms with E-state index in [0.29, 0.717) is 13.1 Å². The van der Waals surface area contributed by atoms with Crippen molar-refractivity contribution < 1.29 is 4.79 Å². The number of fused-ring (bicyclic) bond motifs is 1. The van der Waals surface area contributed by atoms with Gasteiger partial charge >= 0.3 is 0 Å². The van der Waals surface area contributed by atoms with Crippen molar-refractivity contribution in [2.24, 2.45) is 5.41 Å². The maximum absolute atomic E-state index is 13.4. The van der Waals surface area contributed by atoms with Gasteiger partial charge in [-0.2, -0.15) is 0 Å². The first-order valence-corrected chi connectivity index (χ1v) is 9.03. The molecule has 1 aliphatic heterocycles. The second-order valence-corrected chi connectivity index (χ2v) is 8.16. The topological polar surface area (TPSA) is 46.1 Å². The summed E-state index contributed by atoms with van der Waals surface area (Å²) in [5.74, 6) is 1.11. The predicted molar refractivity (Wildman–Crippen MR) is 90.1 cm³/mol. The molecule has 1 atom stereocenters. The van der Waals surface area contributed by atoms with Crippen LogP contribution in [-0.4, -0.2) is 20.8 Å². The van der Waals surface area contributed by atoms with Gasteiger partial charge in [-0.05, 0) is 23.3 Å². The number of aryl methyl sites for hydroxylation is 1. The van der Waals surface area contributed by atoms with Crippen LogP contribution in [0.2, 0.25) is 0 Å². The van der Waals surface area contributed by atoms with Gasteiger partial charge in [0.15, 0.2) is 0 Å². The van der Waals surface area contributed by atoms with E-state index in [1.807, 2.05) is 17.2 Å². The van der Waals surface area contributed by atoms with Crippen LogP contribution in [-0.2, 0) is 29.7 Å². The molecule has 2 aromatic rings. The highest BCUT2D eigenvalue weighted by molar-refractivity contribution is 7.10. The third kappa shape index (κ3) is 2.06. The number of amides is 1. The summed E-state index contributed by atoms with van der Waals surface area (Å²) in [6, 6.07) is 4.15. The van der Waals surface area contributed by atoms with Gasteiger partial charge in [-0.15, -0.1) is 11.3 Å². The van der Waals surface area contributed by atoms with Crippen LogP contribution in [0.25, 0.3) is 0 Å². The first kappa shape index (κ1) is 14.8. The van der Waals surface area contributed by atoms with E-state index >= 15 is 0 Å². The molecule has 0 spiro atoms. The van der Waals surface area contributed by atoms with Gasteiger partial charge in [-0.1, -0.05) is 26.8 Å². The Morgan fingerprint density at radius 1 is 1.39 bits per heavy atom. The van der Waals surface area contributed by atoms with Crippen LogP contribution in [0.4, 0.5) is 0 Å². The first-order chi connectivity index (χ1) is 11.0. The van der Waals surface area contributed by atoms with Crippen molar-refractivity contribution in [3.63, 3.8) is 0 Å². The van der Waals surface area contributed by atoms with E-state index in [9.17, 15) is 4.79 Å². The van der Waals surface area contributed by atoms with Crippen molar-refractivity contribution in [3.05, 3.63) is 45.7 Å². The van der Waals surface area contributed by atoms with Crippen molar-refractivity contribution in [1.82, 2.24) is 14.9 Å². The molecule has 0 saturated heterocycles. The van der Waals surface area contributed by atoms with E-state index in [-0.39, 0.29) is 16.7 Å². The fourth-order valence-corrected chi connectivity index (χ4v) is 4.91. The van der Waals surface area contributed by atoms with Crippen LogP contribution >= 0.6 is 11.3 Å². The van der Waals surface area contributed by atoms with E-state index in [1.54, 1.807) is 11.3 Å². The third-order valence-corrected chi connectivity index (χ3v) is 6.39. The number of hydrogen-bond acceptors (Lipinski definition) is 4. The lowest BCUT2D eigenvalue weighted by Crippen LogP contribution is -2.38. The molecule has 0 unspecified atom stereocenters. The fourth-order valence-electron chi connectivity index (χ4n) is 3.81. The molecule has 4 nitrogen and oxygen atoms in total. The monoisotopic (exact) mass is 327 g/mol. The molecule has 1 aliphatic carbocycles. The second-order valence-electron chi connectivity index (χ2n) is 7.22. The molecule has 120 valence electrons. The molecule has 4 rings (SSSR count). The summed E-state index contributed by atoms with van der Waals surface area (Å²) in [6.07, 6.45) is 3.65. The van der Waals surface area contributed by atoms with Crippen molar-refractivity contribution in [1.29, 1.82) is 0 Å². The lowest BCUT2D eigenvalue weighted by molar-refractivity contribution is -0.135. The number of aromatic nitrogens is 2. The van der Waals surface area contributed by atoms with Crippen LogP contribution in [0.5, 0.6) is 0 Å². The summed E-state index contributed by atoms with van der Waals surface area (Å²) in [6.45, 7) is 7.71. The molecule has 2 aliphatic rings. The summed E-state index contributed by atoms with van der Waals surface area (Å²) in [5.41, 5.74) is 1.80. The average molecular weight is 327 g/mol. The second kappa shape index (κ2) is 4.87. The van der Waals surface area contributed by atoms with Crippen LogP contribution in [0.15, 0.2) is 23.7 Å². The molecule has 5 heteroatoms. The van der Waals surface area contributed by atoms with E-state index in [0.717, 1.165) is 29.9 Å². The lowest BCUT2D eigenvalue weighted by Gasteiger charge is -2.25. The van der Waals surface area contributed by atoms with E-state index < -0.39 is 0 Å². The average Bonchev–Trinajstić information content (AvgIpc) is 3.00. The zero-order valence-electron chi connectivity index (χ0n) is 13.8. The van der Waals surface area contributed by atoms with E-state index in [2.05, 4.69) is 42.2 Å². The summed E-state index contributed by atoms with van der Waals surface area (Å²) in [4.78, 5) is 25.5. The van der Waals surface area contributed by atoms with Gasteiger partial charge in [-0.3, -0.25) is 4.79 Å². The Bertz CT molecular complexity index is 769. The van der Waals surface area contributed by atoms with Crippen LogP contribution in [0.3, 0.4) is 0 Å². The molecule has 3 heterocycles. The van der Waals surface area contributed by atoms with Gasteiger partial charge in [0.1, 0.15) is 5.82 Å². The SMILES string of the molecule is CCc1ncc2c(n1)CN(C(=O)[C@]1(c3cccs3)CC1(C)C)C2. The van der Waals surface area contributed by atoms with Gasteiger partial charge in [0.05, 0.1) is 17.7 Å². The van der Waals surface area contributed by atoms with Gasteiger partial charge in [0, 0.05) is 29.6 Å². The third-order valence-electron chi connectivity index (χ3n) is 5.35. The quantitative estimate of drug-likeness (QED) is 0.869.